The molecule has 5 nitrogen and oxygen atoms in total. The van der Waals surface area contributed by atoms with Crippen molar-refractivity contribution in [2.45, 2.75) is 25.5 Å². The lowest BCUT2D eigenvalue weighted by atomic mass is 10.2. The number of ether oxygens (including phenoxy) is 2. The summed E-state index contributed by atoms with van der Waals surface area (Å²) in [4.78, 5) is 0. The van der Waals surface area contributed by atoms with Gasteiger partial charge in [-0.3, -0.25) is 4.57 Å². The Morgan fingerprint density at radius 1 is 1.45 bits per heavy atom. The fourth-order valence-corrected chi connectivity index (χ4v) is 2.75. The molecule has 0 spiro atoms. The highest BCUT2D eigenvalue weighted by molar-refractivity contribution is 6.30. The van der Waals surface area contributed by atoms with E-state index in [1.165, 1.54) is 0 Å². The fourth-order valence-electron chi connectivity index (χ4n) is 2.57. The number of hydrogen-bond donors (Lipinski definition) is 1. The Hall–Kier alpha value is -2.16. The molecule has 22 heavy (non-hydrogen) atoms. The van der Waals surface area contributed by atoms with Gasteiger partial charge in [0.25, 0.3) is 0 Å². The van der Waals surface area contributed by atoms with E-state index in [1.54, 1.807) is 34.9 Å². The number of benzene rings is 1. The topological polar surface area (TPSA) is 73.2 Å². The summed E-state index contributed by atoms with van der Waals surface area (Å²) in [5.74, 6) is 1.03. The summed E-state index contributed by atoms with van der Waals surface area (Å²) in [5, 5.41) is 9.87. The summed E-state index contributed by atoms with van der Waals surface area (Å²) < 4.78 is 13.3. The van der Waals surface area contributed by atoms with Crippen LogP contribution in [0.3, 0.4) is 0 Å². The molecular formula is C16H16ClN3O2. The van der Waals surface area contributed by atoms with Crippen molar-refractivity contribution in [3.05, 3.63) is 41.0 Å². The highest BCUT2D eigenvalue weighted by Gasteiger charge is 2.22. The van der Waals surface area contributed by atoms with E-state index < -0.39 is 0 Å². The number of hydrogen-bond acceptors (Lipinski definition) is 4. The Balaban J connectivity index is 1.92. The molecule has 114 valence electrons. The van der Waals surface area contributed by atoms with Gasteiger partial charge in [-0.15, -0.1) is 0 Å². The molecule has 0 unspecified atom stereocenters. The normalized spacial score (nSPS) is 17.4. The van der Waals surface area contributed by atoms with E-state index in [1.807, 2.05) is 0 Å². The van der Waals surface area contributed by atoms with Crippen LogP contribution in [0.15, 0.2) is 30.3 Å². The molecule has 1 saturated heterocycles. The third kappa shape index (κ3) is 3.03. The fraction of sp³-hybridized carbons (Fsp3) is 0.312. The van der Waals surface area contributed by atoms with Crippen LogP contribution in [0.4, 0.5) is 5.69 Å². The van der Waals surface area contributed by atoms with Gasteiger partial charge in [0.1, 0.15) is 17.5 Å². The average molecular weight is 318 g/mol. The summed E-state index contributed by atoms with van der Waals surface area (Å²) in [7, 11) is 0. The van der Waals surface area contributed by atoms with Gasteiger partial charge in [0.15, 0.2) is 0 Å². The van der Waals surface area contributed by atoms with Gasteiger partial charge < -0.3 is 15.2 Å². The molecule has 2 heterocycles. The largest absolute Gasteiger partial charge is 0.439 e. The second-order valence-corrected chi connectivity index (χ2v) is 5.64. The average Bonchev–Trinajstić information content (AvgIpc) is 3.10. The standard InChI is InChI=1S/C16H16ClN3O2/c17-11-3-1-4-13(7-11)22-16-15(19)8-12(9-18)20(16)10-14-5-2-6-21-14/h1,3-4,7-8,14H,2,5-6,10,19H2/t14-/m1/s1. The summed E-state index contributed by atoms with van der Waals surface area (Å²) in [6.07, 6.45) is 2.09. The third-order valence-corrected chi connectivity index (χ3v) is 3.85. The first kappa shape index (κ1) is 14.8. The van der Waals surface area contributed by atoms with E-state index in [2.05, 4.69) is 6.07 Å². The van der Waals surface area contributed by atoms with Crippen LogP contribution in [0, 0.1) is 11.3 Å². The maximum absolute atomic E-state index is 9.30. The van der Waals surface area contributed by atoms with Crippen LogP contribution >= 0.6 is 11.6 Å². The summed E-state index contributed by atoms with van der Waals surface area (Å²) in [6, 6.07) is 10.8. The van der Waals surface area contributed by atoms with Crippen molar-refractivity contribution in [2.24, 2.45) is 0 Å². The second-order valence-electron chi connectivity index (χ2n) is 5.21. The van der Waals surface area contributed by atoms with Gasteiger partial charge >= 0.3 is 0 Å². The minimum atomic E-state index is 0.0839. The predicted molar refractivity (Wildman–Crippen MR) is 84.1 cm³/mol. The van der Waals surface area contributed by atoms with Crippen molar-refractivity contribution < 1.29 is 9.47 Å². The van der Waals surface area contributed by atoms with Gasteiger partial charge in [-0.2, -0.15) is 5.26 Å². The molecule has 3 rings (SSSR count). The third-order valence-electron chi connectivity index (χ3n) is 3.61. The lowest BCUT2D eigenvalue weighted by Crippen LogP contribution is -2.16. The number of nitriles is 1. The van der Waals surface area contributed by atoms with Crippen molar-refractivity contribution in [2.75, 3.05) is 12.3 Å². The zero-order valence-corrected chi connectivity index (χ0v) is 12.7. The summed E-state index contributed by atoms with van der Waals surface area (Å²) >= 11 is 5.97. The highest BCUT2D eigenvalue weighted by atomic mass is 35.5. The molecule has 0 saturated carbocycles. The van der Waals surface area contributed by atoms with Gasteiger partial charge in [0.05, 0.1) is 18.3 Å². The smallest absolute Gasteiger partial charge is 0.224 e. The molecule has 1 fully saturated rings. The monoisotopic (exact) mass is 317 g/mol. The molecule has 1 aliphatic heterocycles. The number of halogens is 1. The lowest BCUT2D eigenvalue weighted by Gasteiger charge is -2.16. The molecule has 0 radical (unpaired) electrons. The first-order chi connectivity index (χ1) is 10.7. The lowest BCUT2D eigenvalue weighted by molar-refractivity contribution is 0.0952. The maximum atomic E-state index is 9.30. The van der Waals surface area contributed by atoms with Crippen LogP contribution in [0.1, 0.15) is 18.5 Å². The Morgan fingerprint density at radius 3 is 3.00 bits per heavy atom. The van der Waals surface area contributed by atoms with Gasteiger partial charge in [-0.05, 0) is 31.0 Å². The van der Waals surface area contributed by atoms with Gasteiger partial charge in [0.2, 0.25) is 5.88 Å². The van der Waals surface area contributed by atoms with Crippen molar-refractivity contribution in [1.82, 2.24) is 4.57 Å². The molecule has 2 aromatic rings. The Kier molecular flexibility index (Phi) is 4.23. The zero-order chi connectivity index (χ0) is 15.5. The van der Waals surface area contributed by atoms with E-state index in [9.17, 15) is 5.26 Å². The molecule has 0 aliphatic carbocycles. The molecule has 2 N–H and O–H groups in total. The maximum Gasteiger partial charge on any atom is 0.224 e. The Labute approximate surface area is 133 Å². The molecule has 6 heteroatoms. The minimum Gasteiger partial charge on any atom is -0.439 e. The number of anilines is 1. The van der Waals surface area contributed by atoms with Crippen LogP contribution < -0.4 is 10.5 Å². The van der Waals surface area contributed by atoms with E-state index >= 15 is 0 Å². The number of aromatic nitrogens is 1. The van der Waals surface area contributed by atoms with Crippen LogP contribution in [0.5, 0.6) is 11.6 Å². The molecule has 1 aromatic carbocycles. The molecule has 1 aliphatic rings. The number of nitrogen functional groups attached to an aromatic ring is 1. The minimum absolute atomic E-state index is 0.0839. The summed E-state index contributed by atoms with van der Waals surface area (Å²) in [5.41, 5.74) is 6.90. The summed E-state index contributed by atoms with van der Waals surface area (Å²) in [6.45, 7) is 1.31. The predicted octanol–water partition coefficient (Wildman–Crippen LogP) is 3.57. The molecule has 0 bridgehead atoms. The van der Waals surface area contributed by atoms with Gasteiger partial charge in [-0.25, -0.2) is 0 Å². The number of rotatable bonds is 4. The van der Waals surface area contributed by atoms with Crippen molar-refractivity contribution in [3.8, 4) is 17.7 Å². The van der Waals surface area contributed by atoms with Crippen LogP contribution in [-0.4, -0.2) is 17.3 Å². The Morgan fingerprint density at radius 2 is 2.32 bits per heavy atom. The van der Waals surface area contributed by atoms with Gasteiger partial charge in [-0.1, -0.05) is 17.7 Å². The van der Waals surface area contributed by atoms with Crippen molar-refractivity contribution in [3.63, 3.8) is 0 Å². The zero-order valence-electron chi connectivity index (χ0n) is 12.0. The first-order valence-electron chi connectivity index (χ1n) is 7.11. The van der Waals surface area contributed by atoms with Crippen LogP contribution in [0.25, 0.3) is 0 Å². The number of nitrogens with two attached hydrogens (primary N) is 1. The van der Waals surface area contributed by atoms with E-state index in [0.717, 1.165) is 19.4 Å². The second kappa shape index (κ2) is 6.30. The van der Waals surface area contributed by atoms with Crippen molar-refractivity contribution in [1.29, 1.82) is 5.26 Å². The van der Waals surface area contributed by atoms with E-state index in [-0.39, 0.29) is 6.10 Å². The highest BCUT2D eigenvalue weighted by Crippen LogP contribution is 2.33. The van der Waals surface area contributed by atoms with E-state index in [4.69, 9.17) is 26.8 Å². The molecule has 1 atom stereocenters. The molecule has 0 amide bonds. The number of nitrogens with zero attached hydrogens (tertiary/aromatic N) is 2. The van der Waals surface area contributed by atoms with Crippen molar-refractivity contribution >= 4 is 17.3 Å². The van der Waals surface area contributed by atoms with E-state index in [0.29, 0.717) is 34.6 Å². The molecule has 1 aromatic heterocycles. The quantitative estimate of drug-likeness (QED) is 0.935. The van der Waals surface area contributed by atoms with Crippen LogP contribution in [0.2, 0.25) is 5.02 Å². The van der Waals surface area contributed by atoms with Crippen LogP contribution in [-0.2, 0) is 11.3 Å². The Bertz CT molecular complexity index is 715. The first-order valence-corrected chi connectivity index (χ1v) is 7.49. The SMILES string of the molecule is N#Cc1cc(N)c(Oc2cccc(Cl)c2)n1C[C@H]1CCCO1. The van der Waals surface area contributed by atoms with Gasteiger partial charge in [0, 0.05) is 17.7 Å². The molecular weight excluding hydrogens is 302 g/mol.